The first-order valence-electron chi connectivity index (χ1n) is 9.00. The van der Waals surface area contributed by atoms with Crippen molar-refractivity contribution in [2.75, 3.05) is 17.4 Å². The second-order valence-electron chi connectivity index (χ2n) is 6.47. The van der Waals surface area contributed by atoms with Crippen LogP contribution in [0.25, 0.3) is 0 Å². The molecule has 1 aromatic heterocycles. The highest BCUT2D eigenvalue weighted by Gasteiger charge is 2.14. The summed E-state index contributed by atoms with van der Waals surface area (Å²) in [6.07, 6.45) is 0.955. The van der Waals surface area contributed by atoms with E-state index in [4.69, 9.17) is 9.47 Å². The van der Waals surface area contributed by atoms with Crippen molar-refractivity contribution in [2.45, 2.75) is 27.2 Å². The first kappa shape index (κ1) is 17.1. The molecule has 0 unspecified atom stereocenters. The summed E-state index contributed by atoms with van der Waals surface area (Å²) < 4.78 is 10.8. The lowest BCUT2D eigenvalue weighted by Crippen LogP contribution is -2.04. The summed E-state index contributed by atoms with van der Waals surface area (Å²) in [7, 11) is 0. The summed E-state index contributed by atoms with van der Waals surface area (Å²) in [5.74, 6) is 3.66. The van der Waals surface area contributed by atoms with Crippen molar-refractivity contribution in [1.29, 1.82) is 0 Å². The first-order valence-corrected chi connectivity index (χ1v) is 9.00. The zero-order valence-corrected chi connectivity index (χ0v) is 15.7. The Labute approximate surface area is 158 Å². The van der Waals surface area contributed by atoms with Gasteiger partial charge in [0.05, 0.1) is 0 Å². The molecule has 3 aromatic rings. The van der Waals surface area contributed by atoms with Crippen molar-refractivity contribution in [2.24, 2.45) is 0 Å². The molecule has 0 amide bonds. The highest BCUT2D eigenvalue weighted by Crippen LogP contribution is 2.35. The van der Waals surface area contributed by atoms with E-state index in [1.807, 2.05) is 31.2 Å². The van der Waals surface area contributed by atoms with Gasteiger partial charge in [-0.25, -0.2) is 9.97 Å². The van der Waals surface area contributed by atoms with Crippen LogP contribution in [0.3, 0.4) is 0 Å². The molecule has 138 valence electrons. The van der Waals surface area contributed by atoms with Crippen LogP contribution in [-0.2, 0) is 6.42 Å². The number of aryl methyl sites for hydroxylation is 3. The number of rotatable bonds is 5. The summed E-state index contributed by atoms with van der Waals surface area (Å²) in [5, 5.41) is 6.78. The van der Waals surface area contributed by atoms with Gasteiger partial charge in [0.1, 0.15) is 17.5 Å². The molecule has 4 rings (SSSR count). The molecule has 1 aliphatic heterocycles. The lowest BCUT2D eigenvalue weighted by atomic mass is 10.1. The van der Waals surface area contributed by atoms with E-state index in [1.165, 1.54) is 11.1 Å². The molecule has 27 heavy (non-hydrogen) atoms. The van der Waals surface area contributed by atoms with Crippen LogP contribution in [0.5, 0.6) is 11.5 Å². The maximum Gasteiger partial charge on any atom is 0.231 e. The van der Waals surface area contributed by atoms with E-state index >= 15 is 0 Å². The second-order valence-corrected chi connectivity index (χ2v) is 6.47. The summed E-state index contributed by atoms with van der Waals surface area (Å²) in [4.78, 5) is 9.03. The Morgan fingerprint density at radius 2 is 1.70 bits per heavy atom. The second kappa shape index (κ2) is 7.15. The number of ether oxygens (including phenoxy) is 2. The Kier molecular flexibility index (Phi) is 4.54. The van der Waals surface area contributed by atoms with Crippen LogP contribution in [0.15, 0.2) is 42.5 Å². The highest BCUT2D eigenvalue weighted by molar-refractivity contribution is 5.68. The van der Waals surface area contributed by atoms with E-state index in [0.29, 0.717) is 5.82 Å². The van der Waals surface area contributed by atoms with Crippen molar-refractivity contribution in [3.8, 4) is 11.5 Å². The molecule has 0 saturated carbocycles. The lowest BCUT2D eigenvalue weighted by Gasteiger charge is -2.15. The molecule has 0 fully saturated rings. The van der Waals surface area contributed by atoms with E-state index in [0.717, 1.165) is 40.9 Å². The van der Waals surface area contributed by atoms with Crippen LogP contribution < -0.4 is 20.1 Å². The minimum absolute atomic E-state index is 0.260. The van der Waals surface area contributed by atoms with E-state index in [2.05, 4.69) is 52.6 Å². The van der Waals surface area contributed by atoms with Crippen LogP contribution in [0.1, 0.15) is 23.9 Å². The molecule has 2 heterocycles. The van der Waals surface area contributed by atoms with Gasteiger partial charge in [0.15, 0.2) is 11.5 Å². The molecule has 0 radical (unpaired) electrons. The Morgan fingerprint density at radius 1 is 0.926 bits per heavy atom. The molecule has 2 N–H and O–H groups in total. The molecule has 6 heteroatoms. The topological polar surface area (TPSA) is 68.3 Å². The van der Waals surface area contributed by atoms with Gasteiger partial charge in [-0.1, -0.05) is 25.1 Å². The van der Waals surface area contributed by atoms with E-state index in [1.54, 1.807) is 0 Å². The molecule has 0 saturated heterocycles. The summed E-state index contributed by atoms with van der Waals surface area (Å²) in [6, 6.07) is 14.0. The zero-order valence-electron chi connectivity index (χ0n) is 15.7. The minimum atomic E-state index is 0.260. The Balaban J connectivity index is 1.60. The Bertz CT molecular complexity index is 988. The molecule has 6 nitrogen and oxygen atoms in total. The average Bonchev–Trinajstić information content (AvgIpc) is 3.11. The van der Waals surface area contributed by atoms with Crippen molar-refractivity contribution in [1.82, 2.24) is 9.97 Å². The number of hydrogen-bond acceptors (Lipinski definition) is 6. The molecular formula is C21H22N4O2. The number of nitrogens with zero attached hydrogens (tertiary/aromatic N) is 2. The molecular weight excluding hydrogens is 340 g/mol. The normalized spacial score (nSPS) is 12.1. The number of fused-ring (bicyclic) bond motifs is 1. The van der Waals surface area contributed by atoms with Gasteiger partial charge in [-0.05, 0) is 43.5 Å². The van der Waals surface area contributed by atoms with Crippen molar-refractivity contribution in [3.63, 3.8) is 0 Å². The largest absolute Gasteiger partial charge is 0.454 e. The number of nitrogens with one attached hydrogen (secondary N) is 2. The van der Waals surface area contributed by atoms with E-state index in [-0.39, 0.29) is 6.79 Å². The Hall–Kier alpha value is -3.28. The van der Waals surface area contributed by atoms with Gasteiger partial charge < -0.3 is 20.1 Å². The quantitative estimate of drug-likeness (QED) is 0.675. The number of aromatic nitrogens is 2. The van der Waals surface area contributed by atoms with Crippen LogP contribution in [0.4, 0.5) is 23.0 Å². The van der Waals surface area contributed by atoms with Gasteiger partial charge >= 0.3 is 0 Å². The predicted molar refractivity (Wildman–Crippen MR) is 106 cm³/mol. The third-order valence-corrected chi connectivity index (χ3v) is 4.48. The smallest absolute Gasteiger partial charge is 0.231 e. The molecule has 2 aromatic carbocycles. The lowest BCUT2D eigenvalue weighted by molar-refractivity contribution is 0.174. The number of benzene rings is 2. The van der Waals surface area contributed by atoms with Crippen LogP contribution in [0.2, 0.25) is 0 Å². The van der Waals surface area contributed by atoms with Gasteiger partial charge in [-0.3, -0.25) is 0 Å². The monoisotopic (exact) mass is 362 g/mol. The third-order valence-electron chi connectivity index (χ3n) is 4.48. The summed E-state index contributed by atoms with van der Waals surface area (Å²) >= 11 is 0. The summed E-state index contributed by atoms with van der Waals surface area (Å²) in [6.45, 7) is 6.39. The van der Waals surface area contributed by atoms with Gasteiger partial charge in [0, 0.05) is 23.5 Å². The molecule has 0 aliphatic carbocycles. The molecule has 0 bridgehead atoms. The maximum atomic E-state index is 5.43. The van der Waals surface area contributed by atoms with Gasteiger partial charge in [0.25, 0.3) is 0 Å². The van der Waals surface area contributed by atoms with E-state index < -0.39 is 0 Å². The fourth-order valence-corrected chi connectivity index (χ4v) is 3.15. The molecule has 0 atom stereocenters. The van der Waals surface area contributed by atoms with Crippen LogP contribution >= 0.6 is 0 Å². The number of para-hydroxylation sites is 1. The average molecular weight is 362 g/mol. The van der Waals surface area contributed by atoms with Crippen molar-refractivity contribution < 1.29 is 9.47 Å². The number of anilines is 4. The first-order chi connectivity index (χ1) is 13.1. The SMILES string of the molecule is CCc1cccc(C)c1Nc1cc(Nc2ccc3c(c2)OCO3)nc(C)n1. The van der Waals surface area contributed by atoms with Crippen LogP contribution in [-0.4, -0.2) is 16.8 Å². The predicted octanol–water partition coefficient (Wildman–Crippen LogP) is 4.87. The minimum Gasteiger partial charge on any atom is -0.454 e. The fraction of sp³-hybridized carbons (Fsp3) is 0.238. The third kappa shape index (κ3) is 3.65. The maximum absolute atomic E-state index is 5.43. The standard InChI is InChI=1S/C21H22N4O2/c1-4-15-7-5-6-13(2)21(15)25-20-11-19(22-14(3)23-20)24-16-8-9-17-18(10-16)27-12-26-17/h5-11H,4,12H2,1-3H3,(H2,22,23,24,25). The van der Waals surface area contributed by atoms with E-state index in [9.17, 15) is 0 Å². The number of hydrogen-bond donors (Lipinski definition) is 2. The van der Waals surface area contributed by atoms with Gasteiger partial charge in [-0.2, -0.15) is 0 Å². The summed E-state index contributed by atoms with van der Waals surface area (Å²) in [5.41, 5.74) is 4.44. The highest BCUT2D eigenvalue weighted by atomic mass is 16.7. The van der Waals surface area contributed by atoms with Crippen LogP contribution in [0, 0.1) is 13.8 Å². The fourth-order valence-electron chi connectivity index (χ4n) is 3.15. The molecule has 1 aliphatic rings. The van der Waals surface area contributed by atoms with Gasteiger partial charge in [-0.15, -0.1) is 0 Å². The zero-order chi connectivity index (χ0) is 18.8. The van der Waals surface area contributed by atoms with Crippen molar-refractivity contribution >= 4 is 23.0 Å². The van der Waals surface area contributed by atoms with Gasteiger partial charge in [0.2, 0.25) is 6.79 Å². The molecule has 0 spiro atoms. The Morgan fingerprint density at radius 3 is 2.52 bits per heavy atom. The van der Waals surface area contributed by atoms with Crippen molar-refractivity contribution in [3.05, 3.63) is 59.4 Å².